The molecule has 1 fully saturated rings. The summed E-state index contributed by atoms with van der Waals surface area (Å²) >= 11 is 1.75. The highest BCUT2D eigenvalue weighted by Gasteiger charge is 2.23. The molecule has 0 radical (unpaired) electrons. The first-order chi connectivity index (χ1) is 12.5. The normalized spacial score (nSPS) is 17.8. The van der Waals surface area contributed by atoms with Crippen molar-refractivity contribution < 1.29 is 13.2 Å². The maximum Gasteiger partial charge on any atom is 0.191 e. The number of guanidine groups is 1. The van der Waals surface area contributed by atoms with E-state index in [1.165, 1.54) is 11.1 Å². The smallest absolute Gasteiger partial charge is 0.191 e. The van der Waals surface area contributed by atoms with Gasteiger partial charge in [0.05, 0.1) is 31.6 Å². The minimum Gasteiger partial charge on any atom is -0.379 e. The highest BCUT2D eigenvalue weighted by atomic mass is 32.2. The third kappa shape index (κ3) is 7.61. The van der Waals surface area contributed by atoms with E-state index < -0.39 is 9.84 Å². The molecule has 1 aliphatic rings. The van der Waals surface area contributed by atoms with Crippen molar-refractivity contribution in [3.05, 3.63) is 22.4 Å². The van der Waals surface area contributed by atoms with E-state index in [1.54, 1.807) is 11.3 Å². The molecule has 0 bridgehead atoms. The molecule has 1 aromatic rings. The number of nitrogens with zero attached hydrogens (tertiary/aromatic N) is 2. The molecule has 0 spiro atoms. The summed E-state index contributed by atoms with van der Waals surface area (Å²) in [5.74, 6) is 0.918. The molecule has 2 rings (SSSR count). The van der Waals surface area contributed by atoms with Crippen LogP contribution in [0.3, 0.4) is 0 Å². The van der Waals surface area contributed by atoms with Gasteiger partial charge in [-0.3, -0.25) is 9.89 Å². The van der Waals surface area contributed by atoms with Gasteiger partial charge in [0, 0.05) is 37.3 Å². The first-order valence-electron chi connectivity index (χ1n) is 9.04. The van der Waals surface area contributed by atoms with Gasteiger partial charge in [-0.15, -0.1) is 11.3 Å². The zero-order valence-electron chi connectivity index (χ0n) is 15.6. The first kappa shape index (κ1) is 21.1. The zero-order valence-corrected chi connectivity index (χ0v) is 17.2. The van der Waals surface area contributed by atoms with Crippen LogP contribution in [-0.4, -0.2) is 77.2 Å². The molecule has 1 unspecified atom stereocenters. The third-order valence-corrected chi connectivity index (χ3v) is 6.11. The van der Waals surface area contributed by atoms with Gasteiger partial charge in [0.2, 0.25) is 0 Å². The Morgan fingerprint density at radius 1 is 1.38 bits per heavy atom. The summed E-state index contributed by atoms with van der Waals surface area (Å²) in [6.45, 7) is 7.37. The number of nitrogens with one attached hydrogen (secondary N) is 2. The molecule has 1 aliphatic heterocycles. The Bertz CT molecular complexity index is 641. The second-order valence-electron chi connectivity index (χ2n) is 6.31. The highest BCUT2D eigenvalue weighted by molar-refractivity contribution is 7.90. The second-order valence-corrected chi connectivity index (χ2v) is 9.55. The van der Waals surface area contributed by atoms with Crippen molar-refractivity contribution in [1.29, 1.82) is 0 Å². The molecule has 7 nitrogen and oxygen atoms in total. The van der Waals surface area contributed by atoms with Gasteiger partial charge in [-0.05, 0) is 24.8 Å². The van der Waals surface area contributed by atoms with E-state index in [4.69, 9.17) is 9.73 Å². The molecule has 26 heavy (non-hydrogen) atoms. The Morgan fingerprint density at radius 2 is 2.15 bits per heavy atom. The van der Waals surface area contributed by atoms with Crippen LogP contribution < -0.4 is 10.6 Å². The number of hydrogen-bond donors (Lipinski definition) is 2. The number of sulfone groups is 1. The van der Waals surface area contributed by atoms with Crippen LogP contribution in [0.25, 0.3) is 0 Å². The van der Waals surface area contributed by atoms with Gasteiger partial charge in [-0.2, -0.15) is 0 Å². The van der Waals surface area contributed by atoms with E-state index in [9.17, 15) is 8.42 Å². The maximum atomic E-state index is 11.2. The molecule has 148 valence electrons. The minimum atomic E-state index is -2.92. The number of rotatable bonds is 9. The van der Waals surface area contributed by atoms with Crippen LogP contribution >= 0.6 is 11.3 Å². The van der Waals surface area contributed by atoms with Gasteiger partial charge in [-0.1, -0.05) is 6.07 Å². The lowest BCUT2D eigenvalue weighted by Crippen LogP contribution is -2.41. The van der Waals surface area contributed by atoms with Crippen molar-refractivity contribution in [3.63, 3.8) is 0 Å². The van der Waals surface area contributed by atoms with E-state index in [0.717, 1.165) is 38.8 Å². The average molecular weight is 403 g/mol. The molecule has 2 N–H and O–H groups in total. The summed E-state index contributed by atoms with van der Waals surface area (Å²) in [6, 6.07) is 4.48. The fraction of sp³-hybridized carbons (Fsp3) is 0.706. The number of ether oxygens (including phenoxy) is 1. The summed E-state index contributed by atoms with van der Waals surface area (Å²) < 4.78 is 27.9. The van der Waals surface area contributed by atoms with Crippen LogP contribution in [-0.2, 0) is 14.6 Å². The van der Waals surface area contributed by atoms with E-state index >= 15 is 0 Å². The zero-order chi connectivity index (χ0) is 18.8. The predicted molar refractivity (Wildman–Crippen MR) is 108 cm³/mol. The molecular formula is C17H30N4O3S2. The van der Waals surface area contributed by atoms with E-state index in [-0.39, 0.29) is 11.8 Å². The van der Waals surface area contributed by atoms with Gasteiger partial charge in [0.1, 0.15) is 9.84 Å². The third-order valence-electron chi connectivity index (χ3n) is 4.11. The summed E-state index contributed by atoms with van der Waals surface area (Å²) in [7, 11) is -2.92. The standard InChI is InChI=1S/C17H30N4O3S2/c1-3-18-17(19-7-5-13-26(2,22)23)20-14-15(16-6-4-12-25-16)21-8-10-24-11-9-21/h4,6,12,15H,3,5,7-11,13-14H2,1-2H3,(H2,18,19,20). The van der Waals surface area contributed by atoms with Crippen LogP contribution in [0.15, 0.2) is 22.5 Å². The van der Waals surface area contributed by atoms with Crippen LogP contribution in [0.2, 0.25) is 0 Å². The highest BCUT2D eigenvalue weighted by Crippen LogP contribution is 2.26. The summed E-state index contributed by atoms with van der Waals surface area (Å²) in [6.07, 6.45) is 1.83. The Balaban J connectivity index is 1.96. The van der Waals surface area contributed by atoms with Crippen LogP contribution in [0.1, 0.15) is 24.3 Å². The van der Waals surface area contributed by atoms with E-state index in [0.29, 0.717) is 19.5 Å². The fourth-order valence-electron chi connectivity index (χ4n) is 2.82. The van der Waals surface area contributed by atoms with Gasteiger partial charge < -0.3 is 15.4 Å². The molecule has 2 heterocycles. The van der Waals surface area contributed by atoms with Crippen LogP contribution in [0.4, 0.5) is 0 Å². The maximum absolute atomic E-state index is 11.2. The lowest BCUT2D eigenvalue weighted by atomic mass is 10.2. The molecule has 0 amide bonds. The second kappa shape index (κ2) is 10.9. The Labute approximate surface area is 160 Å². The predicted octanol–water partition coefficient (Wildman–Crippen LogP) is 1.11. The molecule has 0 saturated carbocycles. The molecule has 1 atom stereocenters. The lowest BCUT2D eigenvalue weighted by molar-refractivity contribution is 0.0186. The molecule has 1 saturated heterocycles. The number of aliphatic imine (C=N–C) groups is 1. The van der Waals surface area contributed by atoms with Crippen molar-refractivity contribution in [2.45, 2.75) is 19.4 Å². The Morgan fingerprint density at radius 3 is 2.77 bits per heavy atom. The molecule has 0 aliphatic carbocycles. The van der Waals surface area contributed by atoms with Crippen molar-refractivity contribution >= 4 is 27.1 Å². The van der Waals surface area contributed by atoms with Crippen LogP contribution in [0, 0.1) is 0 Å². The molecule has 9 heteroatoms. The quantitative estimate of drug-likeness (QED) is 0.366. The van der Waals surface area contributed by atoms with Gasteiger partial charge in [0.15, 0.2) is 5.96 Å². The number of morpholine rings is 1. The van der Waals surface area contributed by atoms with E-state index in [1.807, 2.05) is 6.92 Å². The molecule has 1 aromatic heterocycles. The summed E-state index contributed by atoms with van der Waals surface area (Å²) in [4.78, 5) is 8.48. The minimum absolute atomic E-state index is 0.186. The number of thiophene rings is 1. The molecular weight excluding hydrogens is 372 g/mol. The van der Waals surface area contributed by atoms with E-state index in [2.05, 4.69) is 33.0 Å². The van der Waals surface area contributed by atoms with Crippen LogP contribution in [0.5, 0.6) is 0 Å². The first-order valence-corrected chi connectivity index (χ1v) is 12.0. The Hall–Kier alpha value is -1.16. The van der Waals surface area contributed by atoms with Crippen molar-refractivity contribution in [1.82, 2.24) is 15.5 Å². The average Bonchev–Trinajstić information content (AvgIpc) is 3.13. The van der Waals surface area contributed by atoms with Gasteiger partial charge in [0.25, 0.3) is 0 Å². The monoisotopic (exact) mass is 402 g/mol. The number of hydrogen-bond acceptors (Lipinski definition) is 6. The van der Waals surface area contributed by atoms with Gasteiger partial charge >= 0.3 is 0 Å². The Kier molecular flexibility index (Phi) is 8.83. The largest absolute Gasteiger partial charge is 0.379 e. The SMILES string of the molecule is CCNC(=NCC(c1cccs1)N1CCOCC1)NCCCS(C)(=O)=O. The summed E-state index contributed by atoms with van der Waals surface area (Å²) in [5, 5.41) is 8.56. The van der Waals surface area contributed by atoms with Crippen molar-refractivity contribution in [3.8, 4) is 0 Å². The van der Waals surface area contributed by atoms with Crippen molar-refractivity contribution in [2.24, 2.45) is 4.99 Å². The molecule has 0 aromatic carbocycles. The lowest BCUT2D eigenvalue weighted by Gasteiger charge is -2.33. The van der Waals surface area contributed by atoms with Gasteiger partial charge in [-0.25, -0.2) is 8.42 Å². The van der Waals surface area contributed by atoms with Crippen molar-refractivity contribution in [2.75, 3.05) is 57.9 Å². The fourth-order valence-corrected chi connectivity index (χ4v) is 4.34. The summed E-state index contributed by atoms with van der Waals surface area (Å²) in [5.41, 5.74) is 0. The topological polar surface area (TPSA) is 83.0 Å².